The van der Waals surface area contributed by atoms with Crippen molar-refractivity contribution in [3.8, 4) is 22.3 Å². The Labute approximate surface area is 209 Å². The number of nitrogens with zero attached hydrogens (tertiary/aromatic N) is 2. The molecule has 0 fully saturated rings. The van der Waals surface area contributed by atoms with E-state index in [2.05, 4.69) is 89.3 Å². The molecule has 0 N–H and O–H groups in total. The van der Waals surface area contributed by atoms with Gasteiger partial charge in [0.05, 0.1) is 0 Å². The average Bonchev–Trinajstić information content (AvgIpc) is 3.46. The fourth-order valence-electron chi connectivity index (χ4n) is 4.88. The average molecular weight is 471 g/mol. The van der Waals surface area contributed by atoms with Crippen LogP contribution in [0.5, 0.6) is 0 Å². The molecule has 4 heteroatoms. The lowest BCUT2D eigenvalue weighted by atomic mass is 9.94. The topological polar surface area (TPSA) is 52.1 Å². The minimum Gasteiger partial charge on any atom is -0.441 e. The molecule has 36 heavy (non-hydrogen) atoms. The smallest absolute Gasteiger partial charge is 0.192 e. The molecule has 0 aliphatic rings. The maximum Gasteiger partial charge on any atom is 0.192 e. The van der Waals surface area contributed by atoms with Gasteiger partial charge in [-0.05, 0) is 59.4 Å². The van der Waals surface area contributed by atoms with Gasteiger partial charge in [-0.25, -0.2) is 9.97 Å². The standard InChI is InChI=1S/C32H26N2O2/c1-20(14-27-16-25(23-10-6-4-7-11-23)18-29-31(27)35-21(2)33-29)15-28-17-26(24-12-8-5-9-13-24)19-30-32(28)36-22(3)34-30/h4-13,16-19H,1,14-15H2,2-3H3. The summed E-state index contributed by atoms with van der Waals surface area (Å²) in [6, 6.07) is 29.3. The second-order valence-corrected chi connectivity index (χ2v) is 9.27. The van der Waals surface area contributed by atoms with E-state index in [0.29, 0.717) is 24.6 Å². The van der Waals surface area contributed by atoms with Gasteiger partial charge in [-0.15, -0.1) is 0 Å². The number of rotatable bonds is 6. The summed E-state index contributed by atoms with van der Waals surface area (Å²) in [4.78, 5) is 9.24. The van der Waals surface area contributed by atoms with Crippen molar-refractivity contribution in [1.29, 1.82) is 0 Å². The van der Waals surface area contributed by atoms with Crippen LogP contribution in [0.15, 0.2) is 106 Å². The van der Waals surface area contributed by atoms with Crippen LogP contribution >= 0.6 is 0 Å². The van der Waals surface area contributed by atoms with Crippen molar-refractivity contribution < 1.29 is 8.83 Å². The summed E-state index contributed by atoms with van der Waals surface area (Å²) in [5, 5.41) is 0. The molecule has 0 unspecified atom stereocenters. The highest BCUT2D eigenvalue weighted by Gasteiger charge is 2.16. The molecule has 0 saturated carbocycles. The zero-order chi connectivity index (χ0) is 24.6. The number of aryl methyl sites for hydroxylation is 2. The summed E-state index contributed by atoms with van der Waals surface area (Å²) in [5.74, 6) is 1.33. The second kappa shape index (κ2) is 8.97. The Kier molecular flexibility index (Phi) is 5.49. The molecule has 0 bridgehead atoms. The Hall–Kier alpha value is -4.44. The van der Waals surface area contributed by atoms with Crippen LogP contribution < -0.4 is 0 Å². The van der Waals surface area contributed by atoms with Crippen LogP contribution in [0.2, 0.25) is 0 Å². The van der Waals surface area contributed by atoms with Gasteiger partial charge in [0, 0.05) is 25.0 Å². The molecule has 0 aliphatic carbocycles. The number of benzene rings is 4. The molecule has 0 amide bonds. The highest BCUT2D eigenvalue weighted by atomic mass is 16.4. The zero-order valence-corrected chi connectivity index (χ0v) is 20.4. The molecule has 2 heterocycles. The molecule has 2 aromatic heterocycles. The quantitative estimate of drug-likeness (QED) is 0.230. The monoisotopic (exact) mass is 470 g/mol. The molecule has 4 nitrogen and oxygen atoms in total. The number of allylic oxidation sites excluding steroid dienone is 1. The van der Waals surface area contributed by atoms with Crippen molar-refractivity contribution in [2.45, 2.75) is 26.7 Å². The van der Waals surface area contributed by atoms with Crippen LogP contribution in [0.1, 0.15) is 22.9 Å². The van der Waals surface area contributed by atoms with E-state index < -0.39 is 0 Å². The summed E-state index contributed by atoms with van der Waals surface area (Å²) in [7, 11) is 0. The van der Waals surface area contributed by atoms with Crippen LogP contribution in [0.4, 0.5) is 0 Å². The van der Waals surface area contributed by atoms with Gasteiger partial charge >= 0.3 is 0 Å². The highest BCUT2D eigenvalue weighted by Crippen LogP contribution is 2.32. The first-order chi connectivity index (χ1) is 17.5. The van der Waals surface area contributed by atoms with Crippen molar-refractivity contribution in [2.24, 2.45) is 0 Å². The zero-order valence-electron chi connectivity index (χ0n) is 20.4. The predicted octanol–water partition coefficient (Wildman–Crippen LogP) is 8.26. The highest BCUT2D eigenvalue weighted by molar-refractivity contribution is 5.85. The molecular formula is C32H26N2O2. The molecule has 176 valence electrons. The SMILES string of the molecule is C=C(Cc1cc(-c2ccccc2)cc2nc(C)oc12)Cc1cc(-c2ccccc2)cc2nc(C)oc12. The fraction of sp³-hybridized carbons (Fsp3) is 0.125. The third-order valence-electron chi connectivity index (χ3n) is 6.44. The number of hydrogen-bond donors (Lipinski definition) is 0. The van der Waals surface area contributed by atoms with E-state index in [1.54, 1.807) is 0 Å². The lowest BCUT2D eigenvalue weighted by Crippen LogP contribution is -1.97. The van der Waals surface area contributed by atoms with Crippen LogP contribution in [0.3, 0.4) is 0 Å². The van der Waals surface area contributed by atoms with E-state index in [1.807, 2.05) is 26.0 Å². The van der Waals surface area contributed by atoms with E-state index in [4.69, 9.17) is 8.83 Å². The third kappa shape index (κ3) is 4.22. The largest absolute Gasteiger partial charge is 0.441 e. The van der Waals surface area contributed by atoms with Crippen molar-refractivity contribution in [3.63, 3.8) is 0 Å². The van der Waals surface area contributed by atoms with Gasteiger partial charge in [-0.3, -0.25) is 0 Å². The molecule has 0 aliphatic heterocycles. The number of aromatic nitrogens is 2. The first-order valence-electron chi connectivity index (χ1n) is 12.1. The number of hydrogen-bond acceptors (Lipinski definition) is 4. The van der Waals surface area contributed by atoms with Gasteiger partial charge in [0.25, 0.3) is 0 Å². The predicted molar refractivity (Wildman–Crippen MR) is 145 cm³/mol. The Bertz CT molecular complexity index is 1580. The summed E-state index contributed by atoms with van der Waals surface area (Å²) in [6.07, 6.45) is 1.35. The van der Waals surface area contributed by atoms with Crippen molar-refractivity contribution in [2.75, 3.05) is 0 Å². The third-order valence-corrected chi connectivity index (χ3v) is 6.44. The Morgan fingerprint density at radius 2 is 1.03 bits per heavy atom. The van der Waals surface area contributed by atoms with Gasteiger partial charge in [0.2, 0.25) is 0 Å². The van der Waals surface area contributed by atoms with Crippen LogP contribution in [0.25, 0.3) is 44.5 Å². The van der Waals surface area contributed by atoms with Crippen LogP contribution in [0, 0.1) is 13.8 Å². The summed E-state index contributed by atoms with van der Waals surface area (Å²) >= 11 is 0. The lowest BCUT2D eigenvalue weighted by Gasteiger charge is -2.11. The van der Waals surface area contributed by atoms with Gasteiger partial charge in [-0.2, -0.15) is 0 Å². The van der Waals surface area contributed by atoms with E-state index in [9.17, 15) is 0 Å². The second-order valence-electron chi connectivity index (χ2n) is 9.27. The van der Waals surface area contributed by atoms with Gasteiger partial charge in [0.1, 0.15) is 11.0 Å². The maximum absolute atomic E-state index is 6.01. The lowest BCUT2D eigenvalue weighted by molar-refractivity contribution is 0.557. The van der Waals surface area contributed by atoms with E-state index >= 15 is 0 Å². The van der Waals surface area contributed by atoms with E-state index in [-0.39, 0.29) is 0 Å². The van der Waals surface area contributed by atoms with Crippen molar-refractivity contribution in [3.05, 3.63) is 120 Å². The van der Waals surface area contributed by atoms with E-state index in [0.717, 1.165) is 61.2 Å². The molecule has 0 atom stereocenters. The molecule has 0 saturated heterocycles. The molecule has 0 radical (unpaired) electrons. The Morgan fingerprint density at radius 3 is 1.44 bits per heavy atom. The molecular weight excluding hydrogens is 444 g/mol. The van der Waals surface area contributed by atoms with Gasteiger partial charge in [0.15, 0.2) is 22.9 Å². The Morgan fingerprint density at radius 1 is 0.611 bits per heavy atom. The normalized spacial score (nSPS) is 11.4. The molecule has 6 aromatic rings. The fourth-order valence-corrected chi connectivity index (χ4v) is 4.88. The van der Waals surface area contributed by atoms with Crippen molar-refractivity contribution >= 4 is 22.2 Å². The molecule has 4 aromatic carbocycles. The summed E-state index contributed by atoms with van der Waals surface area (Å²) < 4.78 is 12.0. The first-order valence-corrected chi connectivity index (χ1v) is 12.1. The minimum atomic E-state index is 0.663. The summed E-state index contributed by atoms with van der Waals surface area (Å²) in [6.45, 7) is 8.23. The van der Waals surface area contributed by atoms with Crippen LogP contribution in [-0.4, -0.2) is 9.97 Å². The number of oxazole rings is 2. The maximum atomic E-state index is 6.01. The number of fused-ring (bicyclic) bond motifs is 2. The molecule has 6 rings (SSSR count). The van der Waals surface area contributed by atoms with Crippen LogP contribution in [-0.2, 0) is 12.8 Å². The summed E-state index contributed by atoms with van der Waals surface area (Å²) in [5.41, 5.74) is 11.2. The van der Waals surface area contributed by atoms with Gasteiger partial charge < -0.3 is 8.83 Å². The Balaban J connectivity index is 1.37. The van der Waals surface area contributed by atoms with Crippen molar-refractivity contribution in [1.82, 2.24) is 9.97 Å². The minimum absolute atomic E-state index is 0.663. The first kappa shape index (κ1) is 22.1. The molecule has 0 spiro atoms. The van der Waals surface area contributed by atoms with E-state index in [1.165, 1.54) is 0 Å². The van der Waals surface area contributed by atoms with Gasteiger partial charge in [-0.1, -0.05) is 72.8 Å².